The Bertz CT molecular complexity index is 742. The fourth-order valence-electron chi connectivity index (χ4n) is 2.41. The lowest BCUT2D eigenvalue weighted by atomic mass is 10.3. The Morgan fingerprint density at radius 1 is 1.32 bits per heavy atom. The number of thiazole rings is 1. The summed E-state index contributed by atoms with van der Waals surface area (Å²) >= 11 is 7.51. The molecule has 0 saturated heterocycles. The number of hydrogen-bond donors (Lipinski definition) is 1. The molecule has 0 saturated carbocycles. The molecule has 6 nitrogen and oxygen atoms in total. The first kappa shape index (κ1) is 24.9. The van der Waals surface area contributed by atoms with Crippen LogP contribution in [0.5, 0.6) is 5.75 Å². The van der Waals surface area contributed by atoms with Gasteiger partial charge in [-0.15, -0.1) is 35.3 Å². The van der Waals surface area contributed by atoms with Crippen LogP contribution in [-0.2, 0) is 11.3 Å². The summed E-state index contributed by atoms with van der Waals surface area (Å²) < 4.78 is 11.2. The van der Waals surface area contributed by atoms with E-state index in [1.54, 1.807) is 25.5 Å². The third-order valence-electron chi connectivity index (χ3n) is 3.94. The predicted octanol–water partition coefficient (Wildman–Crippen LogP) is 4.60. The summed E-state index contributed by atoms with van der Waals surface area (Å²) in [6, 6.07) is 7.35. The van der Waals surface area contributed by atoms with Crippen LogP contribution in [0.25, 0.3) is 0 Å². The lowest BCUT2D eigenvalue weighted by molar-refractivity contribution is 0.119. The molecule has 1 aromatic carbocycles. The maximum atomic E-state index is 5.90. The second-order valence-corrected chi connectivity index (χ2v) is 7.55. The summed E-state index contributed by atoms with van der Waals surface area (Å²) in [7, 11) is 5.44. The van der Waals surface area contributed by atoms with Gasteiger partial charge in [-0.2, -0.15) is 0 Å². The van der Waals surface area contributed by atoms with Gasteiger partial charge < -0.3 is 19.7 Å². The molecule has 9 heteroatoms. The minimum atomic E-state index is -0.0234. The molecular weight excluding hydrogens is 511 g/mol. The molecule has 0 spiro atoms. The molecule has 0 aliphatic rings. The monoisotopic (exact) mass is 538 g/mol. The van der Waals surface area contributed by atoms with Gasteiger partial charge in [0.25, 0.3) is 0 Å². The van der Waals surface area contributed by atoms with E-state index in [0.29, 0.717) is 18.1 Å². The molecule has 2 unspecified atom stereocenters. The summed E-state index contributed by atoms with van der Waals surface area (Å²) in [5.74, 6) is 1.58. The number of benzene rings is 1. The number of aromatic nitrogens is 1. The molecule has 1 aromatic heterocycles. The van der Waals surface area contributed by atoms with Crippen molar-refractivity contribution in [2.45, 2.75) is 32.6 Å². The Morgan fingerprint density at radius 3 is 2.61 bits per heavy atom. The van der Waals surface area contributed by atoms with Crippen molar-refractivity contribution < 1.29 is 9.47 Å². The molecule has 0 amide bonds. The van der Waals surface area contributed by atoms with Crippen LogP contribution >= 0.6 is 46.9 Å². The highest BCUT2D eigenvalue weighted by molar-refractivity contribution is 14.0. The van der Waals surface area contributed by atoms with Crippen molar-refractivity contribution in [3.8, 4) is 5.75 Å². The fraction of sp³-hybridized carbons (Fsp3) is 0.474. The Morgan fingerprint density at radius 2 is 2.00 bits per heavy atom. The predicted molar refractivity (Wildman–Crippen MR) is 127 cm³/mol. The number of guanidine groups is 1. The van der Waals surface area contributed by atoms with Crippen LogP contribution in [0.2, 0.25) is 5.02 Å². The van der Waals surface area contributed by atoms with Crippen LogP contribution in [0.15, 0.2) is 34.6 Å². The normalized spacial score (nSPS) is 13.4. The minimum Gasteiger partial charge on any atom is -0.489 e. The highest BCUT2D eigenvalue weighted by Gasteiger charge is 2.13. The zero-order valence-corrected chi connectivity index (χ0v) is 20.7. The molecule has 0 fully saturated rings. The van der Waals surface area contributed by atoms with Crippen LogP contribution in [0, 0.1) is 0 Å². The van der Waals surface area contributed by atoms with Crippen LogP contribution < -0.4 is 10.1 Å². The van der Waals surface area contributed by atoms with Gasteiger partial charge in [0.15, 0.2) is 5.96 Å². The Balaban J connectivity index is 0.00000392. The Hall–Kier alpha value is -1.10. The molecule has 0 aliphatic heterocycles. The fourth-order valence-corrected chi connectivity index (χ4v) is 3.38. The standard InChI is InChI=1S/C19H27ClN4O2S.HI/c1-13(26-17-8-6-15(20)7-9-17)10-22-19(21-3)24(4)11-16-12-27-18(23-16)14(2)25-5;/h6-9,12-14H,10-11H2,1-5H3,(H,21,22);1H. The SMILES string of the molecule is CN=C(NCC(C)Oc1ccc(Cl)cc1)N(C)Cc1csc(C(C)OC)n1.I. The second kappa shape index (κ2) is 12.5. The van der Waals surface area contributed by atoms with Crippen LogP contribution in [0.1, 0.15) is 30.7 Å². The average Bonchev–Trinajstić information content (AvgIpc) is 3.12. The first-order chi connectivity index (χ1) is 12.9. The van der Waals surface area contributed by atoms with Crippen molar-refractivity contribution in [1.29, 1.82) is 0 Å². The van der Waals surface area contributed by atoms with E-state index in [9.17, 15) is 0 Å². The third-order valence-corrected chi connectivity index (χ3v) is 5.25. The first-order valence-corrected chi connectivity index (χ1v) is 9.99. The highest BCUT2D eigenvalue weighted by Crippen LogP contribution is 2.21. The number of nitrogens with one attached hydrogen (secondary N) is 1. The number of nitrogens with zero attached hydrogens (tertiary/aromatic N) is 3. The van der Waals surface area contributed by atoms with Gasteiger partial charge in [-0.3, -0.25) is 4.99 Å². The van der Waals surface area contributed by atoms with E-state index in [1.165, 1.54) is 0 Å². The van der Waals surface area contributed by atoms with E-state index < -0.39 is 0 Å². The number of ether oxygens (including phenoxy) is 2. The van der Waals surface area contributed by atoms with Gasteiger partial charge in [0.05, 0.1) is 18.8 Å². The summed E-state index contributed by atoms with van der Waals surface area (Å²) in [5, 5.41) is 7.07. The van der Waals surface area contributed by atoms with E-state index in [4.69, 9.17) is 21.1 Å². The molecule has 28 heavy (non-hydrogen) atoms. The summed E-state index contributed by atoms with van der Waals surface area (Å²) in [6.45, 7) is 5.30. The van der Waals surface area contributed by atoms with Crippen molar-refractivity contribution in [2.24, 2.45) is 4.99 Å². The Labute approximate surface area is 193 Å². The smallest absolute Gasteiger partial charge is 0.193 e. The van der Waals surface area contributed by atoms with Crippen molar-refractivity contribution in [3.63, 3.8) is 0 Å². The van der Waals surface area contributed by atoms with Gasteiger partial charge in [0.1, 0.15) is 23.0 Å². The van der Waals surface area contributed by atoms with Gasteiger partial charge >= 0.3 is 0 Å². The molecule has 0 aliphatic carbocycles. The van der Waals surface area contributed by atoms with E-state index in [0.717, 1.165) is 22.4 Å². The molecule has 1 heterocycles. The lowest BCUT2D eigenvalue weighted by Crippen LogP contribution is -2.42. The van der Waals surface area contributed by atoms with Gasteiger partial charge in [-0.25, -0.2) is 4.98 Å². The molecular formula is C19H28ClIN4O2S. The molecule has 2 atom stereocenters. The number of aliphatic imine (C=N–C) groups is 1. The van der Waals surface area contributed by atoms with E-state index >= 15 is 0 Å². The minimum absolute atomic E-state index is 0. The van der Waals surface area contributed by atoms with Gasteiger partial charge in [0.2, 0.25) is 0 Å². The number of methoxy groups -OCH3 is 1. The number of hydrogen-bond acceptors (Lipinski definition) is 5. The van der Waals surface area contributed by atoms with Crippen molar-refractivity contribution >= 4 is 52.9 Å². The maximum absolute atomic E-state index is 5.90. The van der Waals surface area contributed by atoms with Gasteiger partial charge in [0, 0.05) is 31.6 Å². The molecule has 2 rings (SSSR count). The second-order valence-electron chi connectivity index (χ2n) is 6.22. The summed E-state index contributed by atoms with van der Waals surface area (Å²) in [4.78, 5) is 11.0. The molecule has 156 valence electrons. The van der Waals surface area contributed by atoms with E-state index in [-0.39, 0.29) is 36.2 Å². The number of rotatable bonds is 8. The maximum Gasteiger partial charge on any atom is 0.193 e. The molecule has 1 N–H and O–H groups in total. The molecule has 0 bridgehead atoms. The van der Waals surface area contributed by atoms with Gasteiger partial charge in [-0.05, 0) is 38.1 Å². The average molecular weight is 539 g/mol. The van der Waals surface area contributed by atoms with Crippen LogP contribution in [-0.4, -0.2) is 49.7 Å². The van der Waals surface area contributed by atoms with Crippen molar-refractivity contribution in [2.75, 3.05) is 27.7 Å². The zero-order valence-electron chi connectivity index (χ0n) is 16.8. The topological polar surface area (TPSA) is 59.0 Å². The van der Waals surface area contributed by atoms with E-state index in [2.05, 4.69) is 20.7 Å². The largest absolute Gasteiger partial charge is 0.489 e. The third kappa shape index (κ3) is 7.73. The Kier molecular flexibility index (Phi) is 11.1. The van der Waals surface area contributed by atoms with Gasteiger partial charge in [-0.1, -0.05) is 11.6 Å². The zero-order chi connectivity index (χ0) is 19.8. The summed E-state index contributed by atoms with van der Waals surface area (Å²) in [5.41, 5.74) is 0.995. The van der Waals surface area contributed by atoms with Crippen molar-refractivity contribution in [1.82, 2.24) is 15.2 Å². The first-order valence-electron chi connectivity index (χ1n) is 8.74. The number of halogens is 2. The molecule has 2 aromatic rings. The lowest BCUT2D eigenvalue weighted by Gasteiger charge is -2.23. The highest BCUT2D eigenvalue weighted by atomic mass is 127. The summed E-state index contributed by atoms with van der Waals surface area (Å²) in [6.07, 6.45) is -0.0119. The van der Waals surface area contributed by atoms with Crippen molar-refractivity contribution in [3.05, 3.63) is 45.4 Å². The van der Waals surface area contributed by atoms with E-state index in [1.807, 2.05) is 50.1 Å². The molecule has 0 radical (unpaired) electrons. The quantitative estimate of drug-likeness (QED) is 0.303. The van der Waals surface area contributed by atoms with Crippen LogP contribution in [0.4, 0.5) is 0 Å². The van der Waals surface area contributed by atoms with Crippen LogP contribution in [0.3, 0.4) is 0 Å².